The van der Waals surface area contributed by atoms with Gasteiger partial charge >= 0.3 is 0 Å². The van der Waals surface area contributed by atoms with Crippen molar-refractivity contribution < 1.29 is 4.79 Å². The normalized spacial score (nSPS) is 16.7. The van der Waals surface area contributed by atoms with Gasteiger partial charge in [-0.05, 0) is 43.5 Å². The zero-order chi connectivity index (χ0) is 19.8. The van der Waals surface area contributed by atoms with E-state index in [4.69, 9.17) is 0 Å². The lowest BCUT2D eigenvalue weighted by atomic mass is 10.0. The van der Waals surface area contributed by atoms with E-state index >= 15 is 0 Å². The van der Waals surface area contributed by atoms with E-state index < -0.39 is 0 Å². The molecule has 4 heterocycles. The Morgan fingerprint density at radius 1 is 1.17 bits per heavy atom. The first-order valence-corrected chi connectivity index (χ1v) is 10.5. The summed E-state index contributed by atoms with van der Waals surface area (Å²) in [5, 5.41) is 5.74. The van der Waals surface area contributed by atoms with Crippen LogP contribution in [0.25, 0.3) is 15.9 Å². The summed E-state index contributed by atoms with van der Waals surface area (Å²) in [7, 11) is 0. The SMILES string of the molecule is O=C(CCc1ccccn1)[C@H]1CCCN1c1nn2c(=O)c3ccccc3nc2s1. The zero-order valence-electron chi connectivity index (χ0n) is 15.7. The number of para-hydroxylation sites is 1. The number of benzene rings is 1. The number of hydrogen-bond donors (Lipinski definition) is 0. The predicted molar refractivity (Wildman–Crippen MR) is 113 cm³/mol. The molecule has 0 aliphatic carbocycles. The van der Waals surface area contributed by atoms with Gasteiger partial charge in [0.05, 0.1) is 16.9 Å². The van der Waals surface area contributed by atoms with Crippen LogP contribution in [0.3, 0.4) is 0 Å². The highest BCUT2D eigenvalue weighted by Crippen LogP contribution is 2.30. The smallest absolute Gasteiger partial charge is 0.283 e. The van der Waals surface area contributed by atoms with Gasteiger partial charge in [-0.15, -0.1) is 5.10 Å². The number of nitrogens with zero attached hydrogens (tertiary/aromatic N) is 5. The molecule has 0 unspecified atom stereocenters. The highest BCUT2D eigenvalue weighted by Gasteiger charge is 2.32. The maximum Gasteiger partial charge on any atom is 0.283 e. The molecule has 1 fully saturated rings. The molecule has 8 heteroatoms. The number of anilines is 1. The number of hydrogen-bond acceptors (Lipinski definition) is 7. The molecule has 1 aromatic carbocycles. The van der Waals surface area contributed by atoms with Gasteiger partial charge in [-0.3, -0.25) is 14.6 Å². The number of pyridine rings is 1. The molecule has 1 saturated heterocycles. The molecule has 0 bridgehead atoms. The second-order valence-electron chi connectivity index (χ2n) is 7.15. The van der Waals surface area contributed by atoms with E-state index in [2.05, 4.69) is 15.1 Å². The Morgan fingerprint density at radius 3 is 2.90 bits per heavy atom. The molecule has 1 atom stereocenters. The van der Waals surface area contributed by atoms with Gasteiger partial charge in [0.2, 0.25) is 10.1 Å². The van der Waals surface area contributed by atoms with Crippen molar-refractivity contribution >= 4 is 38.1 Å². The molecule has 0 N–H and O–H groups in total. The second kappa shape index (κ2) is 7.36. The maximum atomic E-state index is 12.9. The highest BCUT2D eigenvalue weighted by atomic mass is 32.1. The second-order valence-corrected chi connectivity index (χ2v) is 8.09. The third kappa shape index (κ3) is 3.29. The summed E-state index contributed by atoms with van der Waals surface area (Å²) in [4.78, 5) is 37.1. The van der Waals surface area contributed by atoms with Crippen LogP contribution in [0, 0.1) is 0 Å². The maximum absolute atomic E-state index is 12.9. The third-order valence-electron chi connectivity index (χ3n) is 5.32. The summed E-state index contributed by atoms with van der Waals surface area (Å²) in [6, 6.07) is 12.8. The Labute approximate surface area is 170 Å². The van der Waals surface area contributed by atoms with Crippen molar-refractivity contribution in [1.29, 1.82) is 0 Å². The van der Waals surface area contributed by atoms with Crippen LogP contribution in [-0.2, 0) is 11.2 Å². The van der Waals surface area contributed by atoms with Crippen molar-refractivity contribution in [1.82, 2.24) is 19.6 Å². The van der Waals surface area contributed by atoms with Crippen molar-refractivity contribution in [2.75, 3.05) is 11.4 Å². The molecule has 146 valence electrons. The summed E-state index contributed by atoms with van der Waals surface area (Å²) < 4.78 is 1.36. The molecule has 1 aliphatic heterocycles. The molecule has 3 aromatic heterocycles. The van der Waals surface area contributed by atoms with Crippen molar-refractivity contribution in [2.24, 2.45) is 0 Å². The Balaban J connectivity index is 1.42. The molecule has 4 aromatic rings. The van der Waals surface area contributed by atoms with Crippen LogP contribution in [0.4, 0.5) is 5.13 Å². The number of aryl methyl sites for hydroxylation is 1. The molecular weight excluding hydrogens is 386 g/mol. The van der Waals surface area contributed by atoms with Crippen LogP contribution in [0.2, 0.25) is 0 Å². The summed E-state index contributed by atoms with van der Waals surface area (Å²) in [5.41, 5.74) is 1.41. The fourth-order valence-electron chi connectivity index (χ4n) is 3.86. The monoisotopic (exact) mass is 405 g/mol. The number of rotatable bonds is 5. The molecule has 0 amide bonds. The molecule has 29 heavy (non-hydrogen) atoms. The fraction of sp³-hybridized carbons (Fsp3) is 0.286. The van der Waals surface area contributed by atoms with Gasteiger partial charge in [0.25, 0.3) is 5.56 Å². The quantitative estimate of drug-likeness (QED) is 0.508. The summed E-state index contributed by atoms with van der Waals surface area (Å²) in [6.45, 7) is 0.758. The van der Waals surface area contributed by atoms with E-state index in [-0.39, 0.29) is 17.4 Å². The molecule has 1 aliphatic rings. The lowest BCUT2D eigenvalue weighted by molar-refractivity contribution is -0.120. The van der Waals surface area contributed by atoms with Crippen LogP contribution in [0.15, 0.2) is 53.5 Å². The van der Waals surface area contributed by atoms with Crippen molar-refractivity contribution in [2.45, 2.75) is 31.7 Å². The molecule has 7 nitrogen and oxygen atoms in total. The Bertz CT molecular complexity index is 1250. The van der Waals surface area contributed by atoms with E-state index in [1.807, 2.05) is 41.3 Å². The number of carbonyl (C=O) groups excluding carboxylic acids is 1. The average molecular weight is 405 g/mol. The minimum atomic E-state index is -0.204. The fourth-order valence-corrected chi connectivity index (χ4v) is 4.83. The first-order valence-electron chi connectivity index (χ1n) is 9.68. The lowest BCUT2D eigenvalue weighted by Crippen LogP contribution is -2.36. The van der Waals surface area contributed by atoms with Crippen LogP contribution in [-0.4, -0.2) is 38.0 Å². The van der Waals surface area contributed by atoms with Crippen molar-refractivity contribution in [3.05, 3.63) is 64.7 Å². The van der Waals surface area contributed by atoms with Gasteiger partial charge in [-0.2, -0.15) is 4.52 Å². The Kier molecular flexibility index (Phi) is 4.55. The van der Waals surface area contributed by atoms with Crippen LogP contribution >= 0.6 is 11.3 Å². The number of carbonyl (C=O) groups is 1. The van der Waals surface area contributed by atoms with Crippen LogP contribution in [0.5, 0.6) is 0 Å². The number of ketones is 1. The van der Waals surface area contributed by atoms with Crippen molar-refractivity contribution in [3.8, 4) is 0 Å². The van der Waals surface area contributed by atoms with Gasteiger partial charge in [-0.1, -0.05) is 29.5 Å². The third-order valence-corrected chi connectivity index (χ3v) is 6.26. The van der Waals surface area contributed by atoms with E-state index in [0.29, 0.717) is 33.8 Å². The van der Waals surface area contributed by atoms with Crippen molar-refractivity contribution in [3.63, 3.8) is 0 Å². The molecule has 0 saturated carbocycles. The molecule has 5 rings (SSSR count). The summed E-state index contributed by atoms with van der Waals surface area (Å²) in [5.74, 6) is 0.192. The van der Waals surface area contributed by atoms with E-state index in [0.717, 1.165) is 25.1 Å². The van der Waals surface area contributed by atoms with E-state index in [1.165, 1.54) is 15.9 Å². The zero-order valence-corrected chi connectivity index (χ0v) is 16.5. The van der Waals surface area contributed by atoms with Gasteiger partial charge in [0.15, 0.2) is 5.78 Å². The number of fused-ring (bicyclic) bond motifs is 2. The molecular formula is C21H19N5O2S. The van der Waals surface area contributed by atoms with E-state index in [1.54, 1.807) is 12.3 Å². The summed E-state index contributed by atoms with van der Waals surface area (Å²) >= 11 is 1.36. The Morgan fingerprint density at radius 2 is 2.03 bits per heavy atom. The summed E-state index contributed by atoms with van der Waals surface area (Å²) in [6.07, 6.45) is 4.57. The van der Waals surface area contributed by atoms with E-state index in [9.17, 15) is 9.59 Å². The minimum absolute atomic E-state index is 0.176. The lowest BCUT2D eigenvalue weighted by Gasteiger charge is -2.22. The van der Waals surface area contributed by atoms with Gasteiger partial charge in [0.1, 0.15) is 0 Å². The molecule has 0 radical (unpaired) electrons. The first-order chi connectivity index (χ1) is 14.2. The molecule has 0 spiro atoms. The highest BCUT2D eigenvalue weighted by molar-refractivity contribution is 7.20. The number of Topliss-reactive ketones (excluding diaryl/α,β-unsaturated/α-hetero) is 1. The minimum Gasteiger partial charge on any atom is -0.337 e. The van der Waals surface area contributed by atoms with Crippen LogP contribution < -0.4 is 10.5 Å². The standard InChI is InChI=1S/C21H19N5O2S/c27-18(11-10-14-6-3-4-12-22-14)17-9-5-13-25(17)21-24-26-19(28)15-7-1-2-8-16(15)23-20(26)29-21/h1-4,6-8,12,17H,5,9-11,13H2/t17-/m1/s1. The largest absolute Gasteiger partial charge is 0.337 e. The van der Waals surface area contributed by atoms with Gasteiger partial charge in [0, 0.05) is 24.9 Å². The van der Waals surface area contributed by atoms with Gasteiger partial charge < -0.3 is 4.90 Å². The first kappa shape index (κ1) is 17.9. The number of aromatic nitrogens is 4. The predicted octanol–water partition coefficient (Wildman–Crippen LogP) is 2.87. The van der Waals surface area contributed by atoms with Gasteiger partial charge in [-0.25, -0.2) is 4.98 Å². The van der Waals surface area contributed by atoms with Crippen LogP contribution in [0.1, 0.15) is 25.0 Å². The topological polar surface area (TPSA) is 80.5 Å². The average Bonchev–Trinajstić information content (AvgIpc) is 3.40. The Hall–Kier alpha value is -3.13.